The van der Waals surface area contributed by atoms with Crippen LogP contribution in [0.2, 0.25) is 5.15 Å². The highest BCUT2D eigenvalue weighted by Gasteiger charge is 2.15. The molecule has 1 amide bonds. The van der Waals surface area contributed by atoms with Gasteiger partial charge < -0.3 is 15.1 Å². The summed E-state index contributed by atoms with van der Waals surface area (Å²) >= 11 is 5.75. The van der Waals surface area contributed by atoms with E-state index in [-0.39, 0.29) is 5.91 Å². The van der Waals surface area contributed by atoms with Crippen LogP contribution in [-0.2, 0) is 0 Å². The summed E-state index contributed by atoms with van der Waals surface area (Å²) in [4.78, 5) is 20.9. The van der Waals surface area contributed by atoms with E-state index in [4.69, 9.17) is 11.6 Å². The Balaban J connectivity index is 1.70. The molecule has 3 rings (SSSR count). The first kappa shape index (κ1) is 16.7. The molecule has 24 heavy (non-hydrogen) atoms. The molecule has 0 unspecified atom stereocenters. The summed E-state index contributed by atoms with van der Waals surface area (Å²) in [6, 6.07) is 9.43. The summed E-state index contributed by atoms with van der Waals surface area (Å²) in [6.07, 6.45) is 1.48. The number of aromatic nitrogens is 1. The van der Waals surface area contributed by atoms with E-state index in [2.05, 4.69) is 39.3 Å². The lowest BCUT2D eigenvalue weighted by atomic mass is 10.1. The maximum atomic E-state index is 12.3. The Labute approximate surface area is 147 Å². The molecule has 0 atom stereocenters. The fourth-order valence-electron chi connectivity index (χ4n) is 2.75. The molecule has 1 saturated heterocycles. The molecule has 0 bridgehead atoms. The van der Waals surface area contributed by atoms with Gasteiger partial charge in [-0.05, 0) is 49.9 Å². The van der Waals surface area contributed by atoms with Gasteiger partial charge in [-0.25, -0.2) is 4.98 Å². The standard InChI is InChI=1S/C18H21ClN4O/c1-13-11-15(23-9-7-22(2)8-10-23)4-5-16(13)21-18(24)14-3-6-17(19)20-12-14/h3-6,11-12H,7-10H2,1-2H3,(H,21,24). The van der Waals surface area contributed by atoms with E-state index in [0.717, 1.165) is 37.4 Å². The van der Waals surface area contributed by atoms with Crippen molar-refractivity contribution in [1.82, 2.24) is 9.88 Å². The number of carbonyl (C=O) groups is 1. The second-order valence-electron chi connectivity index (χ2n) is 6.11. The fraction of sp³-hybridized carbons (Fsp3) is 0.333. The normalized spacial score (nSPS) is 15.4. The van der Waals surface area contributed by atoms with Crippen molar-refractivity contribution in [3.8, 4) is 0 Å². The number of amides is 1. The molecule has 0 aliphatic carbocycles. The van der Waals surface area contributed by atoms with E-state index >= 15 is 0 Å². The molecule has 2 aromatic rings. The van der Waals surface area contributed by atoms with Crippen LogP contribution in [0.25, 0.3) is 0 Å². The Morgan fingerprint density at radius 1 is 1.17 bits per heavy atom. The number of nitrogens with zero attached hydrogens (tertiary/aromatic N) is 3. The Bertz CT molecular complexity index is 724. The van der Waals surface area contributed by atoms with Gasteiger partial charge in [0, 0.05) is 43.8 Å². The van der Waals surface area contributed by atoms with E-state index < -0.39 is 0 Å². The molecule has 0 radical (unpaired) electrons. The van der Waals surface area contributed by atoms with Crippen molar-refractivity contribution < 1.29 is 4.79 Å². The van der Waals surface area contributed by atoms with Crippen LogP contribution in [-0.4, -0.2) is 49.0 Å². The zero-order valence-electron chi connectivity index (χ0n) is 13.9. The Hall–Kier alpha value is -2.11. The average Bonchev–Trinajstić information content (AvgIpc) is 2.58. The summed E-state index contributed by atoms with van der Waals surface area (Å²) in [6.45, 7) is 6.20. The van der Waals surface area contributed by atoms with Gasteiger partial charge >= 0.3 is 0 Å². The number of pyridine rings is 1. The van der Waals surface area contributed by atoms with Gasteiger partial charge in [0.05, 0.1) is 5.56 Å². The van der Waals surface area contributed by atoms with Crippen molar-refractivity contribution in [2.75, 3.05) is 43.4 Å². The van der Waals surface area contributed by atoms with E-state index in [1.54, 1.807) is 12.1 Å². The van der Waals surface area contributed by atoms with Gasteiger partial charge in [0.2, 0.25) is 0 Å². The van der Waals surface area contributed by atoms with Crippen LogP contribution in [0.15, 0.2) is 36.5 Å². The number of halogens is 1. The topological polar surface area (TPSA) is 48.5 Å². The number of carbonyl (C=O) groups excluding carboxylic acids is 1. The minimum absolute atomic E-state index is 0.186. The number of hydrogen-bond donors (Lipinski definition) is 1. The summed E-state index contributed by atoms with van der Waals surface area (Å²) in [5.74, 6) is -0.186. The molecular formula is C18H21ClN4O. The lowest BCUT2D eigenvalue weighted by Gasteiger charge is -2.34. The fourth-order valence-corrected chi connectivity index (χ4v) is 2.87. The van der Waals surface area contributed by atoms with Gasteiger partial charge in [-0.15, -0.1) is 0 Å². The monoisotopic (exact) mass is 344 g/mol. The number of likely N-dealkylation sites (N-methyl/N-ethyl adjacent to an activating group) is 1. The highest BCUT2D eigenvalue weighted by atomic mass is 35.5. The van der Waals surface area contributed by atoms with Crippen LogP contribution >= 0.6 is 11.6 Å². The van der Waals surface area contributed by atoms with Crippen molar-refractivity contribution in [2.45, 2.75) is 6.92 Å². The Kier molecular flexibility index (Phi) is 5.02. The highest BCUT2D eigenvalue weighted by Crippen LogP contribution is 2.24. The number of aryl methyl sites for hydroxylation is 1. The third kappa shape index (κ3) is 3.86. The summed E-state index contributed by atoms with van der Waals surface area (Å²) in [5.41, 5.74) is 3.54. The van der Waals surface area contributed by atoms with Gasteiger partial charge in [-0.1, -0.05) is 11.6 Å². The minimum atomic E-state index is -0.186. The predicted molar refractivity (Wildman–Crippen MR) is 98.1 cm³/mol. The Morgan fingerprint density at radius 3 is 2.54 bits per heavy atom. The third-order valence-corrected chi connectivity index (χ3v) is 4.54. The second kappa shape index (κ2) is 7.20. The van der Waals surface area contributed by atoms with E-state index in [0.29, 0.717) is 10.7 Å². The van der Waals surface area contributed by atoms with Crippen LogP contribution in [0.1, 0.15) is 15.9 Å². The van der Waals surface area contributed by atoms with E-state index in [9.17, 15) is 4.79 Å². The van der Waals surface area contributed by atoms with Gasteiger partial charge in [0.1, 0.15) is 5.15 Å². The lowest BCUT2D eigenvalue weighted by Crippen LogP contribution is -2.44. The number of nitrogens with one attached hydrogen (secondary N) is 1. The molecule has 1 N–H and O–H groups in total. The first-order chi connectivity index (χ1) is 11.5. The van der Waals surface area contributed by atoms with Crippen molar-refractivity contribution in [3.63, 3.8) is 0 Å². The van der Waals surface area contributed by atoms with E-state index in [1.807, 2.05) is 13.0 Å². The van der Waals surface area contributed by atoms with Gasteiger partial charge in [-0.2, -0.15) is 0 Å². The summed E-state index contributed by atoms with van der Waals surface area (Å²) in [5, 5.41) is 3.31. The van der Waals surface area contributed by atoms with Crippen molar-refractivity contribution in [1.29, 1.82) is 0 Å². The summed E-state index contributed by atoms with van der Waals surface area (Å²) < 4.78 is 0. The van der Waals surface area contributed by atoms with Crippen LogP contribution in [0.3, 0.4) is 0 Å². The van der Waals surface area contributed by atoms with Crippen LogP contribution in [0.4, 0.5) is 11.4 Å². The number of rotatable bonds is 3. The second-order valence-corrected chi connectivity index (χ2v) is 6.50. The average molecular weight is 345 g/mol. The molecule has 5 nitrogen and oxygen atoms in total. The van der Waals surface area contributed by atoms with E-state index in [1.165, 1.54) is 11.9 Å². The predicted octanol–water partition coefficient (Wildman–Crippen LogP) is 3.05. The molecule has 0 spiro atoms. The quantitative estimate of drug-likeness (QED) is 0.869. The Morgan fingerprint density at radius 2 is 1.92 bits per heavy atom. The largest absolute Gasteiger partial charge is 0.369 e. The SMILES string of the molecule is Cc1cc(N2CCN(C)CC2)ccc1NC(=O)c1ccc(Cl)nc1. The van der Waals surface area contributed by atoms with Gasteiger partial charge in [0.25, 0.3) is 5.91 Å². The lowest BCUT2D eigenvalue weighted by molar-refractivity contribution is 0.102. The molecule has 1 aromatic heterocycles. The van der Waals surface area contributed by atoms with Crippen LogP contribution in [0, 0.1) is 6.92 Å². The smallest absolute Gasteiger partial charge is 0.257 e. The number of hydrogen-bond acceptors (Lipinski definition) is 4. The highest BCUT2D eigenvalue weighted by molar-refractivity contribution is 6.29. The first-order valence-corrected chi connectivity index (χ1v) is 8.38. The zero-order valence-corrected chi connectivity index (χ0v) is 14.7. The van der Waals surface area contributed by atoms with Crippen molar-refractivity contribution in [2.24, 2.45) is 0 Å². The molecular weight excluding hydrogens is 324 g/mol. The molecule has 126 valence electrons. The zero-order chi connectivity index (χ0) is 17.1. The molecule has 1 aliphatic rings. The third-order valence-electron chi connectivity index (χ3n) is 4.32. The van der Waals surface area contributed by atoms with Crippen LogP contribution in [0.5, 0.6) is 0 Å². The summed E-state index contributed by atoms with van der Waals surface area (Å²) in [7, 11) is 2.15. The molecule has 2 heterocycles. The van der Waals surface area contributed by atoms with Crippen molar-refractivity contribution >= 4 is 28.9 Å². The maximum Gasteiger partial charge on any atom is 0.257 e. The van der Waals surface area contributed by atoms with Gasteiger partial charge in [0.15, 0.2) is 0 Å². The first-order valence-electron chi connectivity index (χ1n) is 8.00. The molecule has 1 aliphatic heterocycles. The van der Waals surface area contributed by atoms with Gasteiger partial charge in [-0.3, -0.25) is 4.79 Å². The number of benzene rings is 1. The minimum Gasteiger partial charge on any atom is -0.369 e. The molecule has 1 aromatic carbocycles. The number of piperazine rings is 1. The maximum absolute atomic E-state index is 12.3. The molecule has 0 saturated carbocycles. The van der Waals surface area contributed by atoms with Crippen LogP contribution < -0.4 is 10.2 Å². The molecule has 6 heteroatoms. The van der Waals surface area contributed by atoms with Crippen molar-refractivity contribution in [3.05, 3.63) is 52.8 Å². The number of anilines is 2. The molecule has 1 fully saturated rings.